The van der Waals surface area contributed by atoms with Crippen LogP contribution < -0.4 is 5.32 Å². The molecule has 0 aliphatic rings. The minimum Gasteiger partial charge on any atom is -0.310 e. The maximum absolute atomic E-state index is 4.45. The topological polar surface area (TPSA) is 29.9 Å². The van der Waals surface area contributed by atoms with Crippen molar-refractivity contribution in [3.63, 3.8) is 0 Å². The summed E-state index contributed by atoms with van der Waals surface area (Å²) in [5, 5.41) is 8.03. The SMILES string of the molecule is CCc1nn(C)cc1CNC(C)C(C)CC. The van der Waals surface area contributed by atoms with Gasteiger partial charge in [0.05, 0.1) is 5.69 Å². The van der Waals surface area contributed by atoms with Gasteiger partial charge in [0.15, 0.2) is 0 Å². The Hall–Kier alpha value is -0.830. The molecule has 0 aromatic carbocycles. The Kier molecular flexibility index (Phi) is 5.00. The summed E-state index contributed by atoms with van der Waals surface area (Å²) >= 11 is 0. The Bertz CT molecular complexity index is 317. The molecule has 16 heavy (non-hydrogen) atoms. The smallest absolute Gasteiger partial charge is 0.0666 e. The fraction of sp³-hybridized carbons (Fsp3) is 0.769. The molecule has 0 amide bonds. The van der Waals surface area contributed by atoms with Crippen LogP contribution in [0.1, 0.15) is 45.4 Å². The highest BCUT2D eigenvalue weighted by Crippen LogP contribution is 2.10. The lowest BCUT2D eigenvalue weighted by molar-refractivity contribution is 0.389. The van der Waals surface area contributed by atoms with Crippen LogP contribution in [-0.2, 0) is 20.0 Å². The van der Waals surface area contributed by atoms with Crippen LogP contribution in [0.15, 0.2) is 6.20 Å². The Morgan fingerprint density at radius 3 is 2.62 bits per heavy atom. The van der Waals surface area contributed by atoms with Crippen molar-refractivity contribution in [3.05, 3.63) is 17.5 Å². The summed E-state index contributed by atoms with van der Waals surface area (Å²) in [5.74, 6) is 0.724. The van der Waals surface area contributed by atoms with Gasteiger partial charge in [-0.3, -0.25) is 4.68 Å². The number of aromatic nitrogens is 2. The highest BCUT2D eigenvalue weighted by Gasteiger charge is 2.11. The van der Waals surface area contributed by atoms with Crippen LogP contribution in [-0.4, -0.2) is 15.8 Å². The second-order valence-electron chi connectivity index (χ2n) is 4.68. The van der Waals surface area contributed by atoms with Crippen molar-refractivity contribution in [2.24, 2.45) is 13.0 Å². The van der Waals surface area contributed by atoms with Crippen molar-refractivity contribution in [2.45, 2.75) is 53.1 Å². The average molecular weight is 223 g/mol. The summed E-state index contributed by atoms with van der Waals surface area (Å²) in [7, 11) is 1.99. The van der Waals surface area contributed by atoms with Crippen LogP contribution in [0, 0.1) is 5.92 Å². The van der Waals surface area contributed by atoms with Gasteiger partial charge in [0.1, 0.15) is 0 Å². The van der Waals surface area contributed by atoms with E-state index in [2.05, 4.69) is 44.3 Å². The molecule has 0 radical (unpaired) electrons. The normalized spacial score (nSPS) is 15.1. The Balaban J connectivity index is 2.53. The van der Waals surface area contributed by atoms with Crippen molar-refractivity contribution in [2.75, 3.05) is 0 Å². The molecule has 1 heterocycles. The van der Waals surface area contributed by atoms with Crippen LogP contribution in [0.4, 0.5) is 0 Å². The van der Waals surface area contributed by atoms with Gasteiger partial charge < -0.3 is 5.32 Å². The van der Waals surface area contributed by atoms with Gasteiger partial charge in [-0.15, -0.1) is 0 Å². The molecular formula is C13H25N3. The molecule has 92 valence electrons. The minimum atomic E-state index is 0.565. The molecule has 3 heteroatoms. The van der Waals surface area contributed by atoms with Crippen molar-refractivity contribution in [1.82, 2.24) is 15.1 Å². The number of hydrogen-bond acceptors (Lipinski definition) is 2. The Morgan fingerprint density at radius 2 is 2.06 bits per heavy atom. The lowest BCUT2D eigenvalue weighted by atomic mass is 10.0. The first-order valence-electron chi connectivity index (χ1n) is 6.33. The molecule has 1 aromatic rings. The zero-order valence-electron chi connectivity index (χ0n) is 11.2. The quantitative estimate of drug-likeness (QED) is 0.803. The van der Waals surface area contributed by atoms with Crippen LogP contribution in [0.5, 0.6) is 0 Å². The summed E-state index contributed by atoms with van der Waals surface area (Å²) in [4.78, 5) is 0. The number of nitrogens with one attached hydrogen (secondary N) is 1. The van der Waals surface area contributed by atoms with E-state index in [0.29, 0.717) is 6.04 Å². The predicted octanol–water partition coefficient (Wildman–Crippen LogP) is 2.51. The first kappa shape index (κ1) is 13.2. The van der Waals surface area contributed by atoms with Gasteiger partial charge in [0.2, 0.25) is 0 Å². The van der Waals surface area contributed by atoms with E-state index in [1.807, 2.05) is 11.7 Å². The fourth-order valence-corrected chi connectivity index (χ4v) is 1.85. The van der Waals surface area contributed by atoms with Crippen molar-refractivity contribution < 1.29 is 0 Å². The van der Waals surface area contributed by atoms with Gasteiger partial charge in [-0.2, -0.15) is 5.10 Å². The molecule has 1 N–H and O–H groups in total. The van der Waals surface area contributed by atoms with Gasteiger partial charge in [-0.05, 0) is 19.3 Å². The Morgan fingerprint density at radius 1 is 1.38 bits per heavy atom. The summed E-state index contributed by atoms with van der Waals surface area (Å²) < 4.78 is 1.91. The van der Waals surface area contributed by atoms with Gasteiger partial charge in [0, 0.05) is 31.4 Å². The standard InChI is InChI=1S/C13H25N3/c1-6-10(3)11(4)14-8-12-9-16(5)15-13(12)7-2/h9-11,14H,6-8H2,1-5H3. The van der Waals surface area contributed by atoms with Gasteiger partial charge >= 0.3 is 0 Å². The molecule has 2 atom stereocenters. The van der Waals surface area contributed by atoms with E-state index in [1.54, 1.807) is 0 Å². The second kappa shape index (κ2) is 6.04. The summed E-state index contributed by atoms with van der Waals surface area (Å²) in [6, 6.07) is 0.565. The van der Waals surface area contributed by atoms with E-state index in [0.717, 1.165) is 18.9 Å². The molecule has 3 nitrogen and oxygen atoms in total. The van der Waals surface area contributed by atoms with Crippen LogP contribution in [0.3, 0.4) is 0 Å². The predicted molar refractivity (Wildman–Crippen MR) is 68.3 cm³/mol. The van der Waals surface area contributed by atoms with E-state index in [-0.39, 0.29) is 0 Å². The molecular weight excluding hydrogens is 198 g/mol. The molecule has 0 aliphatic heterocycles. The third-order valence-corrected chi connectivity index (χ3v) is 3.44. The first-order chi connectivity index (χ1) is 7.58. The summed E-state index contributed by atoms with van der Waals surface area (Å²) in [6.45, 7) is 9.88. The largest absolute Gasteiger partial charge is 0.310 e. The molecule has 0 aliphatic carbocycles. The third-order valence-electron chi connectivity index (χ3n) is 3.44. The van der Waals surface area contributed by atoms with Crippen LogP contribution in [0.25, 0.3) is 0 Å². The van der Waals surface area contributed by atoms with E-state index in [4.69, 9.17) is 0 Å². The molecule has 0 bridgehead atoms. The molecule has 1 rings (SSSR count). The third kappa shape index (κ3) is 3.34. The first-order valence-corrected chi connectivity index (χ1v) is 6.33. The zero-order valence-corrected chi connectivity index (χ0v) is 11.2. The van der Waals surface area contributed by atoms with Gasteiger partial charge in [0.25, 0.3) is 0 Å². The number of hydrogen-bond donors (Lipinski definition) is 1. The lowest BCUT2D eigenvalue weighted by Crippen LogP contribution is -2.31. The van der Waals surface area contributed by atoms with Crippen molar-refractivity contribution in [3.8, 4) is 0 Å². The zero-order chi connectivity index (χ0) is 12.1. The maximum atomic E-state index is 4.45. The van der Waals surface area contributed by atoms with E-state index in [1.165, 1.54) is 17.7 Å². The van der Waals surface area contributed by atoms with Crippen molar-refractivity contribution >= 4 is 0 Å². The highest BCUT2D eigenvalue weighted by atomic mass is 15.3. The molecule has 0 saturated carbocycles. The molecule has 0 spiro atoms. The fourth-order valence-electron chi connectivity index (χ4n) is 1.85. The highest BCUT2D eigenvalue weighted by molar-refractivity contribution is 5.16. The number of aryl methyl sites for hydroxylation is 2. The monoisotopic (exact) mass is 223 g/mol. The average Bonchev–Trinajstić information content (AvgIpc) is 2.65. The molecule has 0 fully saturated rings. The minimum absolute atomic E-state index is 0.565. The van der Waals surface area contributed by atoms with Gasteiger partial charge in [-0.1, -0.05) is 27.2 Å². The molecule has 1 aromatic heterocycles. The summed E-state index contributed by atoms with van der Waals surface area (Å²) in [6.07, 6.45) is 4.35. The van der Waals surface area contributed by atoms with E-state index >= 15 is 0 Å². The Labute approximate surface area is 99.2 Å². The van der Waals surface area contributed by atoms with E-state index in [9.17, 15) is 0 Å². The number of nitrogens with zero attached hydrogens (tertiary/aromatic N) is 2. The van der Waals surface area contributed by atoms with Crippen molar-refractivity contribution in [1.29, 1.82) is 0 Å². The second-order valence-corrected chi connectivity index (χ2v) is 4.68. The van der Waals surface area contributed by atoms with Gasteiger partial charge in [-0.25, -0.2) is 0 Å². The maximum Gasteiger partial charge on any atom is 0.0666 e. The summed E-state index contributed by atoms with van der Waals surface area (Å²) in [5.41, 5.74) is 2.55. The van der Waals surface area contributed by atoms with Crippen LogP contribution in [0.2, 0.25) is 0 Å². The number of rotatable bonds is 6. The molecule has 2 unspecified atom stereocenters. The van der Waals surface area contributed by atoms with Crippen LogP contribution >= 0.6 is 0 Å². The van der Waals surface area contributed by atoms with E-state index < -0.39 is 0 Å². The lowest BCUT2D eigenvalue weighted by Gasteiger charge is -2.19. The molecule has 0 saturated heterocycles.